The van der Waals surface area contributed by atoms with Gasteiger partial charge in [-0.05, 0) is 13.8 Å². The second-order valence-corrected chi connectivity index (χ2v) is 5.15. The van der Waals surface area contributed by atoms with E-state index in [1.165, 1.54) is 21.6 Å². The van der Waals surface area contributed by atoms with Gasteiger partial charge < -0.3 is 10.1 Å². The summed E-state index contributed by atoms with van der Waals surface area (Å²) in [5.41, 5.74) is 0.505. The van der Waals surface area contributed by atoms with Crippen molar-refractivity contribution < 1.29 is 14.3 Å². The molecule has 3 heterocycles. The van der Waals surface area contributed by atoms with E-state index in [1.807, 2.05) is 0 Å². The molecule has 2 N–H and O–H groups in total. The number of rotatable bonds is 3. The molecule has 0 fully saturated rings. The van der Waals surface area contributed by atoms with E-state index >= 15 is 0 Å². The molecule has 0 spiro atoms. The van der Waals surface area contributed by atoms with Crippen molar-refractivity contribution in [2.24, 2.45) is 7.05 Å². The zero-order chi connectivity index (χ0) is 18.1. The number of H-pyrrole nitrogens is 1. The predicted molar refractivity (Wildman–Crippen MR) is 86.3 cm³/mol. The first-order chi connectivity index (χ1) is 11.9. The molecule has 0 aliphatic heterocycles. The number of nitrogens with one attached hydrogen (secondary N) is 2. The lowest BCUT2D eigenvalue weighted by Gasteiger charge is -2.07. The van der Waals surface area contributed by atoms with Crippen LogP contribution in [0.25, 0.3) is 17.0 Å². The molecule has 3 rings (SSSR count). The van der Waals surface area contributed by atoms with Crippen molar-refractivity contribution in [1.29, 1.82) is 0 Å². The third kappa shape index (κ3) is 2.98. The maximum absolute atomic E-state index is 12.2. The molecule has 0 saturated carbocycles. The number of amides is 1. The van der Waals surface area contributed by atoms with E-state index in [0.29, 0.717) is 16.7 Å². The maximum atomic E-state index is 12.2. The first kappa shape index (κ1) is 16.4. The molecule has 25 heavy (non-hydrogen) atoms. The first-order valence-electron chi connectivity index (χ1n) is 7.38. The molecule has 0 aromatic carbocycles. The maximum Gasteiger partial charge on any atom is 0.397 e. The van der Waals surface area contributed by atoms with Crippen molar-refractivity contribution in [2.75, 3.05) is 11.9 Å². The van der Waals surface area contributed by atoms with Crippen LogP contribution in [0.2, 0.25) is 0 Å². The van der Waals surface area contributed by atoms with Crippen LogP contribution in [0.5, 0.6) is 0 Å². The number of anilines is 1. The topological polar surface area (TPSA) is 137 Å². The number of ether oxygens (including phenoxy) is 1. The monoisotopic (exact) mass is 345 g/mol. The third-order valence-electron chi connectivity index (χ3n) is 3.32. The van der Waals surface area contributed by atoms with Gasteiger partial charge in [0, 0.05) is 13.1 Å². The molecule has 0 atom stereocenters. The van der Waals surface area contributed by atoms with Crippen LogP contribution in [0.1, 0.15) is 12.6 Å². The van der Waals surface area contributed by atoms with E-state index < -0.39 is 17.4 Å². The zero-order valence-corrected chi connectivity index (χ0v) is 13.7. The summed E-state index contributed by atoms with van der Waals surface area (Å²) in [6.45, 7) is 3.37. The van der Waals surface area contributed by atoms with Crippen LogP contribution in [0, 0.1) is 6.92 Å². The highest BCUT2D eigenvalue weighted by Crippen LogP contribution is 2.15. The Hall–Kier alpha value is -3.50. The summed E-state index contributed by atoms with van der Waals surface area (Å²) in [4.78, 5) is 42.4. The van der Waals surface area contributed by atoms with Crippen LogP contribution in [-0.2, 0) is 21.4 Å². The van der Waals surface area contributed by atoms with E-state index in [0.717, 1.165) is 0 Å². The quantitative estimate of drug-likeness (QED) is 0.489. The summed E-state index contributed by atoms with van der Waals surface area (Å²) < 4.78 is 7.31. The van der Waals surface area contributed by atoms with Gasteiger partial charge in [-0.15, -0.1) is 0 Å². The lowest BCUT2D eigenvalue weighted by atomic mass is 10.4. The molecule has 11 heteroatoms. The average Bonchev–Trinajstić information content (AvgIpc) is 3.11. The molecule has 0 saturated heterocycles. The number of aromatic amines is 1. The van der Waals surface area contributed by atoms with Gasteiger partial charge in [-0.2, -0.15) is 19.9 Å². The predicted octanol–water partition coefficient (Wildman–Crippen LogP) is -0.348. The number of nitrogens with zero attached hydrogens (tertiary/aromatic N) is 5. The van der Waals surface area contributed by atoms with Crippen LogP contribution in [-0.4, -0.2) is 48.0 Å². The van der Waals surface area contributed by atoms with Crippen LogP contribution in [0.4, 0.5) is 5.82 Å². The normalized spacial score (nSPS) is 10.8. The van der Waals surface area contributed by atoms with E-state index in [9.17, 15) is 14.4 Å². The van der Waals surface area contributed by atoms with E-state index in [-0.39, 0.29) is 18.4 Å². The van der Waals surface area contributed by atoms with Crippen molar-refractivity contribution in [3.63, 3.8) is 0 Å². The van der Waals surface area contributed by atoms with Crippen LogP contribution in [0.3, 0.4) is 0 Å². The Morgan fingerprint density at radius 2 is 2.16 bits per heavy atom. The number of hydrogen-bond acceptors (Lipinski definition) is 7. The number of fused-ring (bicyclic) bond motifs is 1. The van der Waals surface area contributed by atoms with Crippen molar-refractivity contribution >= 4 is 28.7 Å². The highest BCUT2D eigenvalue weighted by atomic mass is 16.5. The second kappa shape index (κ2) is 6.19. The highest BCUT2D eigenvalue weighted by Gasteiger charge is 2.19. The van der Waals surface area contributed by atoms with Gasteiger partial charge in [-0.25, -0.2) is 4.79 Å². The average molecular weight is 345 g/mol. The minimum atomic E-state index is -1.02. The number of carbonyl (C=O) groups is 2. The number of aromatic nitrogens is 6. The Morgan fingerprint density at radius 3 is 2.88 bits per heavy atom. The van der Waals surface area contributed by atoms with Crippen LogP contribution < -0.4 is 10.9 Å². The Balaban J connectivity index is 2.04. The first-order valence-corrected chi connectivity index (χ1v) is 7.38. The van der Waals surface area contributed by atoms with Crippen LogP contribution >= 0.6 is 0 Å². The summed E-state index contributed by atoms with van der Waals surface area (Å²) in [6.07, 6.45) is 1.41. The van der Waals surface area contributed by atoms with Gasteiger partial charge in [-0.1, -0.05) is 0 Å². The molecule has 0 aliphatic carbocycles. The Kier molecular flexibility index (Phi) is 4.05. The van der Waals surface area contributed by atoms with Gasteiger partial charge in [0.2, 0.25) is 5.95 Å². The fraction of sp³-hybridized carbons (Fsp3) is 0.286. The minimum absolute atomic E-state index is 0.0772. The fourth-order valence-corrected chi connectivity index (χ4v) is 2.24. The van der Waals surface area contributed by atoms with Gasteiger partial charge in [0.1, 0.15) is 11.2 Å². The van der Waals surface area contributed by atoms with Crippen molar-refractivity contribution in [3.05, 3.63) is 28.3 Å². The highest BCUT2D eigenvalue weighted by molar-refractivity contribution is 6.37. The van der Waals surface area contributed by atoms with Gasteiger partial charge in [0.05, 0.1) is 18.5 Å². The van der Waals surface area contributed by atoms with Crippen molar-refractivity contribution in [3.8, 4) is 5.95 Å². The number of esters is 1. The Morgan fingerprint density at radius 1 is 1.40 bits per heavy atom. The van der Waals surface area contributed by atoms with Crippen LogP contribution in [0.15, 0.2) is 17.1 Å². The summed E-state index contributed by atoms with van der Waals surface area (Å²) >= 11 is 0. The molecule has 0 radical (unpaired) electrons. The zero-order valence-electron chi connectivity index (χ0n) is 13.7. The molecule has 3 aromatic rings. The summed E-state index contributed by atoms with van der Waals surface area (Å²) in [6, 6.07) is 1.53. The molecule has 0 unspecified atom stereocenters. The molecular formula is C14H15N7O4. The number of aryl methyl sites for hydroxylation is 2. The van der Waals surface area contributed by atoms with E-state index in [4.69, 9.17) is 0 Å². The summed E-state index contributed by atoms with van der Waals surface area (Å²) in [5, 5.41) is 10.9. The summed E-state index contributed by atoms with van der Waals surface area (Å²) in [5.74, 6) is -1.73. The SMILES string of the molecule is CCOC(=O)C(=O)Nc1cc(C)nn1-c1nc2c(cnn2C)c(=O)[nH]1. The largest absolute Gasteiger partial charge is 0.459 e. The van der Waals surface area contributed by atoms with Gasteiger partial charge in [0.15, 0.2) is 5.65 Å². The Bertz CT molecular complexity index is 1030. The van der Waals surface area contributed by atoms with Crippen molar-refractivity contribution in [1.82, 2.24) is 29.5 Å². The number of hydrogen-bond donors (Lipinski definition) is 2. The molecule has 0 aliphatic rings. The summed E-state index contributed by atoms with van der Waals surface area (Å²) in [7, 11) is 1.65. The van der Waals surface area contributed by atoms with Gasteiger partial charge in [0.25, 0.3) is 5.56 Å². The fourth-order valence-electron chi connectivity index (χ4n) is 2.24. The molecule has 11 nitrogen and oxygen atoms in total. The molecule has 130 valence electrons. The smallest absolute Gasteiger partial charge is 0.397 e. The van der Waals surface area contributed by atoms with Gasteiger partial charge >= 0.3 is 11.9 Å². The van der Waals surface area contributed by atoms with E-state index in [1.54, 1.807) is 20.9 Å². The van der Waals surface area contributed by atoms with Crippen molar-refractivity contribution in [2.45, 2.75) is 13.8 Å². The number of carbonyl (C=O) groups excluding carboxylic acids is 2. The lowest BCUT2D eigenvalue weighted by molar-refractivity contribution is -0.152. The standard InChI is InChI=1S/C14H15N7O4/c1-4-25-13(24)12(23)16-9-5-7(2)19-21(9)14-17-10-8(11(22)18-14)6-15-20(10)3/h5-6H,4H2,1-3H3,(H,16,23)(H,17,18,22). The Labute approximate surface area is 140 Å². The lowest BCUT2D eigenvalue weighted by Crippen LogP contribution is -2.26. The molecule has 1 amide bonds. The second-order valence-electron chi connectivity index (χ2n) is 5.15. The minimum Gasteiger partial charge on any atom is -0.459 e. The molecule has 3 aromatic heterocycles. The molecule has 0 bridgehead atoms. The van der Waals surface area contributed by atoms with Gasteiger partial charge in [-0.3, -0.25) is 19.3 Å². The third-order valence-corrected chi connectivity index (χ3v) is 3.32. The van der Waals surface area contributed by atoms with E-state index in [2.05, 4.69) is 30.2 Å². The molecular weight excluding hydrogens is 330 g/mol.